The molecule has 0 spiro atoms. The van der Waals surface area contributed by atoms with E-state index in [4.69, 9.17) is 16.3 Å². The molecule has 6 heteroatoms. The smallest absolute Gasteiger partial charge is 0.202 e. The molecular weight excluding hydrogens is 228 g/mol. The third-order valence-corrected chi connectivity index (χ3v) is 2.53. The lowest BCUT2D eigenvalue weighted by Gasteiger charge is -2.05. The zero-order valence-electron chi connectivity index (χ0n) is 9.54. The third-order valence-electron chi connectivity index (χ3n) is 2.53. The Kier molecular flexibility index (Phi) is 3.22. The lowest BCUT2D eigenvalue weighted by molar-refractivity contribution is 0.687. The van der Waals surface area contributed by atoms with Crippen LogP contribution in [0.1, 0.15) is 17.1 Å². The van der Waals surface area contributed by atoms with E-state index in [-0.39, 0.29) is 17.3 Å². The van der Waals surface area contributed by atoms with Crippen molar-refractivity contribution in [3.8, 4) is 12.1 Å². The van der Waals surface area contributed by atoms with Crippen LogP contribution in [-0.4, -0.2) is 14.5 Å². The zero-order valence-corrected chi connectivity index (χ0v) is 9.54. The predicted octanol–water partition coefficient (Wildman–Crippen LogP) is 0.846. The van der Waals surface area contributed by atoms with E-state index in [1.807, 2.05) is 30.3 Å². The van der Waals surface area contributed by atoms with E-state index in [1.54, 1.807) is 6.20 Å². The first kappa shape index (κ1) is 11.6. The summed E-state index contributed by atoms with van der Waals surface area (Å²) in [5, 5.41) is 17.8. The van der Waals surface area contributed by atoms with E-state index in [2.05, 4.69) is 9.97 Å². The molecule has 18 heavy (non-hydrogen) atoms. The number of nitrogens with zero attached hydrogens (tertiary/aromatic N) is 5. The Labute approximate surface area is 104 Å². The second-order valence-corrected chi connectivity index (χ2v) is 3.61. The quantitative estimate of drug-likeness (QED) is 0.853. The molecule has 2 aromatic heterocycles. The number of nitriles is 2. The van der Waals surface area contributed by atoms with Crippen LogP contribution in [0.4, 0.5) is 5.95 Å². The van der Waals surface area contributed by atoms with Gasteiger partial charge in [0.2, 0.25) is 5.95 Å². The Hall–Kier alpha value is -2.86. The fraction of sp³-hybridized carbons (Fsp3) is 0.167. The molecule has 2 rings (SSSR count). The lowest BCUT2D eigenvalue weighted by Crippen LogP contribution is -2.08. The zero-order chi connectivity index (χ0) is 13.0. The molecule has 0 radical (unpaired) electrons. The van der Waals surface area contributed by atoms with Crippen LogP contribution in [0.15, 0.2) is 24.4 Å². The Morgan fingerprint density at radius 1 is 1.28 bits per heavy atom. The number of aromatic nitrogens is 3. The summed E-state index contributed by atoms with van der Waals surface area (Å²) >= 11 is 0. The highest BCUT2D eigenvalue weighted by Gasteiger charge is 2.14. The second-order valence-electron chi connectivity index (χ2n) is 3.61. The van der Waals surface area contributed by atoms with E-state index in [0.717, 1.165) is 5.69 Å². The standard InChI is InChI=1S/C12H10N6/c13-7-10-11(8-14)18(12(15)17-10)6-4-9-3-1-2-5-16-9/h1-3,5H,4,6H2,(H2,15,17). The van der Waals surface area contributed by atoms with Gasteiger partial charge in [0.05, 0.1) is 0 Å². The Balaban J connectivity index is 2.23. The molecular formula is C12H10N6. The van der Waals surface area contributed by atoms with E-state index >= 15 is 0 Å². The monoisotopic (exact) mass is 238 g/mol. The van der Waals surface area contributed by atoms with Gasteiger partial charge in [-0.15, -0.1) is 0 Å². The molecule has 2 N–H and O–H groups in total. The van der Waals surface area contributed by atoms with Crippen LogP contribution in [0.3, 0.4) is 0 Å². The van der Waals surface area contributed by atoms with Crippen LogP contribution in [0.2, 0.25) is 0 Å². The molecule has 0 saturated heterocycles. The van der Waals surface area contributed by atoms with E-state index < -0.39 is 0 Å². The summed E-state index contributed by atoms with van der Waals surface area (Å²) < 4.78 is 1.53. The summed E-state index contributed by atoms with van der Waals surface area (Å²) in [6.07, 6.45) is 2.33. The highest BCUT2D eigenvalue weighted by Crippen LogP contribution is 2.13. The van der Waals surface area contributed by atoms with Gasteiger partial charge in [0.1, 0.15) is 12.1 Å². The van der Waals surface area contributed by atoms with Gasteiger partial charge in [-0.25, -0.2) is 4.98 Å². The fourth-order valence-corrected chi connectivity index (χ4v) is 1.66. The molecule has 0 fully saturated rings. The number of aryl methyl sites for hydroxylation is 1. The van der Waals surface area contributed by atoms with Crippen molar-refractivity contribution in [3.63, 3.8) is 0 Å². The van der Waals surface area contributed by atoms with Gasteiger partial charge >= 0.3 is 0 Å². The third kappa shape index (κ3) is 2.13. The van der Waals surface area contributed by atoms with E-state index in [9.17, 15) is 0 Å². The maximum absolute atomic E-state index is 9.01. The van der Waals surface area contributed by atoms with E-state index in [0.29, 0.717) is 13.0 Å². The first-order chi connectivity index (χ1) is 8.76. The van der Waals surface area contributed by atoms with Crippen molar-refractivity contribution in [1.29, 1.82) is 10.5 Å². The van der Waals surface area contributed by atoms with Crippen LogP contribution in [0.25, 0.3) is 0 Å². The topological polar surface area (TPSA) is 104 Å². The first-order valence-corrected chi connectivity index (χ1v) is 5.32. The molecule has 88 valence electrons. The SMILES string of the molecule is N#Cc1nc(N)n(CCc2ccccn2)c1C#N. The minimum atomic E-state index is 0.0658. The lowest BCUT2D eigenvalue weighted by atomic mass is 10.2. The van der Waals surface area contributed by atoms with Gasteiger partial charge in [0, 0.05) is 24.9 Å². The fourth-order valence-electron chi connectivity index (χ4n) is 1.66. The minimum Gasteiger partial charge on any atom is -0.369 e. The van der Waals surface area contributed by atoms with Crippen LogP contribution >= 0.6 is 0 Å². The van der Waals surface area contributed by atoms with Gasteiger partial charge in [-0.1, -0.05) is 6.07 Å². The normalized spacial score (nSPS) is 9.67. The van der Waals surface area contributed by atoms with Gasteiger partial charge in [0.15, 0.2) is 11.4 Å². The summed E-state index contributed by atoms with van der Waals surface area (Å²) in [5.74, 6) is 0.180. The summed E-state index contributed by atoms with van der Waals surface area (Å²) in [4.78, 5) is 8.03. The highest BCUT2D eigenvalue weighted by atomic mass is 15.2. The molecule has 0 amide bonds. The molecule has 0 aromatic carbocycles. The number of nitrogen functional groups attached to an aromatic ring is 1. The van der Waals surface area contributed by atoms with Crippen LogP contribution in [0.5, 0.6) is 0 Å². The number of nitrogens with two attached hydrogens (primary N) is 1. The van der Waals surface area contributed by atoms with E-state index in [1.165, 1.54) is 4.57 Å². The summed E-state index contributed by atoms with van der Waals surface area (Å²) in [6.45, 7) is 0.473. The maximum Gasteiger partial charge on any atom is 0.202 e. The predicted molar refractivity (Wildman–Crippen MR) is 64.0 cm³/mol. The summed E-state index contributed by atoms with van der Waals surface area (Å²) in [6, 6.07) is 9.43. The molecule has 6 nitrogen and oxygen atoms in total. The number of hydrogen-bond donors (Lipinski definition) is 1. The Bertz CT molecular complexity index is 629. The Morgan fingerprint density at radius 3 is 2.72 bits per heavy atom. The number of imidazole rings is 1. The van der Waals surface area contributed by atoms with Gasteiger partial charge in [0.25, 0.3) is 0 Å². The van der Waals surface area contributed by atoms with Gasteiger partial charge < -0.3 is 10.3 Å². The molecule has 0 bridgehead atoms. The van der Waals surface area contributed by atoms with Crippen molar-refractivity contribution in [2.24, 2.45) is 0 Å². The van der Waals surface area contributed by atoms with Crippen LogP contribution < -0.4 is 5.73 Å². The molecule has 2 aromatic rings. The molecule has 0 saturated carbocycles. The molecule has 2 heterocycles. The highest BCUT2D eigenvalue weighted by molar-refractivity contribution is 5.43. The van der Waals surface area contributed by atoms with Crippen LogP contribution in [0, 0.1) is 22.7 Å². The number of hydrogen-bond acceptors (Lipinski definition) is 5. The number of rotatable bonds is 3. The number of anilines is 1. The average molecular weight is 238 g/mol. The van der Waals surface area contributed by atoms with Crippen molar-refractivity contribution >= 4 is 5.95 Å². The average Bonchev–Trinajstić information content (AvgIpc) is 2.73. The number of pyridine rings is 1. The van der Waals surface area contributed by atoms with Crippen molar-refractivity contribution in [2.45, 2.75) is 13.0 Å². The van der Waals surface area contributed by atoms with Gasteiger partial charge in [-0.05, 0) is 12.1 Å². The largest absolute Gasteiger partial charge is 0.369 e. The molecule has 0 unspecified atom stereocenters. The second kappa shape index (κ2) is 4.98. The Morgan fingerprint density at radius 2 is 2.11 bits per heavy atom. The summed E-state index contributed by atoms with van der Waals surface area (Å²) in [7, 11) is 0. The first-order valence-electron chi connectivity index (χ1n) is 5.32. The maximum atomic E-state index is 9.01. The molecule has 0 aliphatic heterocycles. The van der Waals surface area contributed by atoms with Crippen molar-refractivity contribution in [1.82, 2.24) is 14.5 Å². The van der Waals surface area contributed by atoms with Crippen molar-refractivity contribution in [3.05, 3.63) is 41.5 Å². The molecule has 0 aliphatic rings. The van der Waals surface area contributed by atoms with Gasteiger partial charge in [-0.2, -0.15) is 10.5 Å². The van der Waals surface area contributed by atoms with Crippen molar-refractivity contribution < 1.29 is 0 Å². The summed E-state index contributed by atoms with van der Waals surface area (Å²) in [5.41, 5.74) is 6.85. The molecule has 0 atom stereocenters. The minimum absolute atomic E-state index is 0.0658. The molecule has 0 aliphatic carbocycles. The van der Waals surface area contributed by atoms with Crippen LogP contribution in [-0.2, 0) is 13.0 Å². The van der Waals surface area contributed by atoms with Crippen molar-refractivity contribution in [2.75, 3.05) is 5.73 Å². The van der Waals surface area contributed by atoms with Gasteiger partial charge in [-0.3, -0.25) is 4.98 Å².